The maximum Gasteiger partial charge on any atom is 0.326 e. The molecular weight excluding hydrogens is 706 g/mol. The molecule has 0 heterocycles. The van der Waals surface area contributed by atoms with Gasteiger partial charge in [-0.25, -0.2) is 4.79 Å². The van der Waals surface area contributed by atoms with Gasteiger partial charge in [-0.1, -0.05) is 137 Å². The summed E-state index contributed by atoms with van der Waals surface area (Å²) in [5.74, 6) is -0.229. The van der Waals surface area contributed by atoms with Gasteiger partial charge in [0.1, 0.15) is 31.6 Å². The van der Waals surface area contributed by atoms with Gasteiger partial charge in [0.25, 0.3) is 5.91 Å². The van der Waals surface area contributed by atoms with E-state index >= 15 is 0 Å². The van der Waals surface area contributed by atoms with E-state index in [9.17, 15) is 14.7 Å². The molecule has 1 amide bonds. The first-order valence-corrected chi connectivity index (χ1v) is 17.3. The minimum Gasteiger partial charge on any atom is -0.488 e. The number of amides is 1. The molecule has 6 aromatic carbocycles. The average Bonchev–Trinajstić information content (AvgIpc) is 3.17. The zero-order valence-electron chi connectivity index (χ0n) is 27.7. The van der Waals surface area contributed by atoms with Crippen molar-refractivity contribution in [3.63, 3.8) is 0 Å². The quantitative estimate of drug-likeness (QED) is 0.109. The molecule has 256 valence electrons. The number of ether oxygens (including phenoxy) is 3. The van der Waals surface area contributed by atoms with Crippen molar-refractivity contribution in [2.24, 2.45) is 0 Å². The van der Waals surface area contributed by atoms with E-state index in [1.54, 1.807) is 18.2 Å². The van der Waals surface area contributed by atoms with Crippen LogP contribution in [0.4, 0.5) is 0 Å². The smallest absolute Gasteiger partial charge is 0.326 e. The summed E-state index contributed by atoms with van der Waals surface area (Å²) >= 11 is 3.44. The van der Waals surface area contributed by atoms with Gasteiger partial charge in [0.05, 0.1) is 5.56 Å². The molecular formula is C43H36BrNO6. The van der Waals surface area contributed by atoms with E-state index in [0.29, 0.717) is 34.9 Å². The van der Waals surface area contributed by atoms with Crippen molar-refractivity contribution < 1.29 is 28.9 Å². The molecule has 0 aliphatic rings. The zero-order chi connectivity index (χ0) is 35.4. The number of carboxylic acid groups (broad SMARTS) is 1. The third kappa shape index (κ3) is 9.86. The molecule has 0 aromatic heterocycles. The fourth-order valence-electron chi connectivity index (χ4n) is 5.45. The van der Waals surface area contributed by atoms with E-state index in [1.807, 2.05) is 133 Å². The molecule has 0 fully saturated rings. The van der Waals surface area contributed by atoms with E-state index < -0.39 is 17.9 Å². The number of carboxylic acids is 1. The lowest BCUT2D eigenvalue weighted by atomic mass is 10.0. The maximum atomic E-state index is 13.6. The Hall–Kier alpha value is -5.86. The van der Waals surface area contributed by atoms with Gasteiger partial charge >= 0.3 is 5.97 Å². The number of rotatable bonds is 15. The minimum absolute atomic E-state index is 0.116. The van der Waals surface area contributed by atoms with Crippen molar-refractivity contribution in [2.45, 2.75) is 32.3 Å². The topological polar surface area (TPSA) is 94.1 Å². The molecule has 0 saturated heterocycles. The Morgan fingerprint density at radius 2 is 1.06 bits per heavy atom. The average molecular weight is 743 g/mol. The molecule has 0 spiro atoms. The molecule has 0 aliphatic carbocycles. The second kappa shape index (κ2) is 17.2. The van der Waals surface area contributed by atoms with Gasteiger partial charge in [0.2, 0.25) is 0 Å². The minimum atomic E-state index is -1.15. The summed E-state index contributed by atoms with van der Waals surface area (Å²) in [7, 11) is 0. The molecule has 1 atom stereocenters. The Bertz CT molecular complexity index is 2050. The number of aliphatic carboxylic acids is 1. The molecule has 2 N–H and O–H groups in total. The lowest BCUT2D eigenvalue weighted by Crippen LogP contribution is -2.42. The third-order valence-corrected chi connectivity index (χ3v) is 8.66. The van der Waals surface area contributed by atoms with E-state index in [2.05, 4.69) is 21.2 Å². The van der Waals surface area contributed by atoms with Crippen LogP contribution >= 0.6 is 15.9 Å². The Kier molecular flexibility index (Phi) is 11.8. The lowest BCUT2D eigenvalue weighted by Gasteiger charge is -2.18. The standard InChI is InChI=1S/C43H36BrNO6/c44-36-21-23-39(37(26-36)42(46)45-38(43(47)48)24-30-16-19-35(20-17-30)34-14-8-3-9-15-34)49-29-33-18-22-40(50-27-31-10-4-1-5-11-31)41(25-33)51-28-32-12-6-2-7-13-32/h1-23,25-26,38H,24,27-29H2,(H,45,46)(H,47,48)/t38-/m0/s1. The van der Waals surface area contributed by atoms with Gasteiger partial charge in [-0.15, -0.1) is 0 Å². The number of halogens is 1. The molecule has 8 heteroatoms. The Balaban J connectivity index is 1.15. The van der Waals surface area contributed by atoms with E-state index in [4.69, 9.17) is 14.2 Å². The normalized spacial score (nSPS) is 11.3. The molecule has 0 radical (unpaired) electrons. The summed E-state index contributed by atoms with van der Waals surface area (Å²) < 4.78 is 19.2. The molecule has 6 rings (SSSR count). The third-order valence-electron chi connectivity index (χ3n) is 8.17. The molecule has 7 nitrogen and oxygen atoms in total. The second-order valence-electron chi connectivity index (χ2n) is 11.9. The van der Waals surface area contributed by atoms with E-state index in [1.165, 1.54) is 0 Å². The van der Waals surface area contributed by atoms with Gasteiger partial charge < -0.3 is 24.6 Å². The summed E-state index contributed by atoms with van der Waals surface area (Å²) in [5.41, 5.74) is 5.93. The number of nitrogens with one attached hydrogen (secondary N) is 1. The van der Waals surface area contributed by atoms with Crippen molar-refractivity contribution in [3.05, 3.63) is 184 Å². The number of carbonyl (C=O) groups is 2. The van der Waals surface area contributed by atoms with Gasteiger partial charge in [0, 0.05) is 10.9 Å². The summed E-state index contributed by atoms with van der Waals surface area (Å²) in [4.78, 5) is 25.8. The second-order valence-corrected chi connectivity index (χ2v) is 12.8. The monoisotopic (exact) mass is 741 g/mol. The first-order chi connectivity index (χ1) is 24.9. The van der Waals surface area contributed by atoms with Crippen LogP contribution in [0.2, 0.25) is 0 Å². The van der Waals surface area contributed by atoms with Gasteiger partial charge in [-0.05, 0) is 63.7 Å². The van der Waals surface area contributed by atoms with Crippen LogP contribution in [0.3, 0.4) is 0 Å². The number of benzene rings is 6. The zero-order valence-corrected chi connectivity index (χ0v) is 29.3. The molecule has 0 saturated carbocycles. The van der Waals surface area contributed by atoms with Crippen molar-refractivity contribution in [3.8, 4) is 28.4 Å². The first-order valence-electron chi connectivity index (χ1n) is 16.5. The number of hydrogen-bond acceptors (Lipinski definition) is 5. The number of carbonyl (C=O) groups excluding carboxylic acids is 1. The highest BCUT2D eigenvalue weighted by molar-refractivity contribution is 9.10. The molecule has 0 aliphatic heterocycles. The van der Waals surface area contributed by atoms with Gasteiger partial charge in [0.15, 0.2) is 11.5 Å². The van der Waals surface area contributed by atoms with Crippen LogP contribution < -0.4 is 19.5 Å². The Labute approximate surface area is 305 Å². The highest BCUT2D eigenvalue weighted by Crippen LogP contribution is 2.32. The largest absolute Gasteiger partial charge is 0.488 e. The maximum absolute atomic E-state index is 13.6. The van der Waals surface area contributed by atoms with Crippen LogP contribution in [0.1, 0.15) is 32.6 Å². The lowest BCUT2D eigenvalue weighted by molar-refractivity contribution is -0.139. The fraction of sp³-hybridized carbons (Fsp3) is 0.116. The highest BCUT2D eigenvalue weighted by atomic mass is 79.9. The number of hydrogen-bond donors (Lipinski definition) is 2. The van der Waals surface area contributed by atoms with Gasteiger partial charge in [-0.3, -0.25) is 4.79 Å². The molecule has 6 aromatic rings. The fourth-order valence-corrected chi connectivity index (χ4v) is 5.81. The highest BCUT2D eigenvalue weighted by Gasteiger charge is 2.23. The molecule has 51 heavy (non-hydrogen) atoms. The van der Waals surface area contributed by atoms with Crippen molar-refractivity contribution >= 4 is 27.8 Å². The van der Waals surface area contributed by atoms with Crippen LogP contribution in [0, 0.1) is 0 Å². The van der Waals surface area contributed by atoms with Crippen LogP contribution in [-0.2, 0) is 31.0 Å². The first kappa shape index (κ1) is 35.0. The Morgan fingerprint density at radius 1 is 0.549 bits per heavy atom. The Morgan fingerprint density at radius 3 is 1.69 bits per heavy atom. The van der Waals surface area contributed by atoms with Crippen molar-refractivity contribution in [1.29, 1.82) is 0 Å². The summed E-state index contributed by atoms with van der Waals surface area (Å²) in [6.07, 6.45) is 0.116. The van der Waals surface area contributed by atoms with Crippen molar-refractivity contribution in [1.82, 2.24) is 5.32 Å². The predicted octanol–water partition coefficient (Wildman–Crippen LogP) is 9.28. The van der Waals surface area contributed by atoms with E-state index in [0.717, 1.165) is 33.4 Å². The van der Waals surface area contributed by atoms with Crippen molar-refractivity contribution in [2.75, 3.05) is 0 Å². The van der Waals surface area contributed by atoms with Crippen LogP contribution in [0.25, 0.3) is 11.1 Å². The summed E-state index contributed by atoms with van der Waals surface area (Å²) in [6, 6.07) is 46.9. The SMILES string of the molecule is O=C(N[C@@H](Cc1ccc(-c2ccccc2)cc1)C(=O)O)c1cc(Br)ccc1OCc1ccc(OCc2ccccc2)c(OCc2ccccc2)c1. The van der Waals surface area contributed by atoms with Gasteiger partial charge in [-0.2, -0.15) is 0 Å². The van der Waals surface area contributed by atoms with Crippen LogP contribution in [-0.4, -0.2) is 23.0 Å². The van der Waals surface area contributed by atoms with Crippen LogP contribution in [0.5, 0.6) is 17.2 Å². The molecule has 0 bridgehead atoms. The molecule has 0 unspecified atom stereocenters. The summed E-state index contributed by atoms with van der Waals surface area (Å²) in [5, 5.41) is 12.7. The summed E-state index contributed by atoms with van der Waals surface area (Å²) in [6.45, 7) is 0.858. The van der Waals surface area contributed by atoms with Crippen LogP contribution in [0.15, 0.2) is 156 Å². The predicted molar refractivity (Wildman–Crippen MR) is 201 cm³/mol. The van der Waals surface area contributed by atoms with E-state index in [-0.39, 0.29) is 18.6 Å².